The molecule has 0 bridgehead atoms. The molecule has 15 heavy (non-hydrogen) atoms. The molecule has 1 rings (SSSR count). The number of hydrogen-bond acceptors (Lipinski definition) is 1. The summed E-state index contributed by atoms with van der Waals surface area (Å²) in [6.45, 7) is 4.07. The fourth-order valence-electron chi connectivity index (χ4n) is 1.22. The molecule has 0 fully saturated rings. The van der Waals surface area contributed by atoms with E-state index in [1.807, 2.05) is 31.2 Å². The molecule has 0 aliphatic heterocycles. The normalized spacial score (nSPS) is 12.2. The lowest BCUT2D eigenvalue weighted by Gasteiger charge is -2.11. The number of rotatable bonds is 4. The number of halogens is 1. The van der Waals surface area contributed by atoms with Gasteiger partial charge in [0.05, 0.1) is 6.42 Å². The summed E-state index contributed by atoms with van der Waals surface area (Å²) >= 11 is 3.36. The lowest BCUT2D eigenvalue weighted by atomic mass is 10.1. The van der Waals surface area contributed by atoms with Crippen LogP contribution in [0, 0.1) is 0 Å². The fraction of sp³-hybridized carbons (Fsp3) is 0.417. The van der Waals surface area contributed by atoms with Crippen LogP contribution in [0.2, 0.25) is 0 Å². The Labute approximate surface area is 99.2 Å². The molecule has 0 aliphatic rings. The Kier molecular flexibility index (Phi) is 4.82. The van der Waals surface area contributed by atoms with Gasteiger partial charge < -0.3 is 5.32 Å². The molecule has 1 amide bonds. The Morgan fingerprint density at radius 3 is 2.53 bits per heavy atom. The SMILES string of the molecule is CC[C@@H](C)NC(=O)Cc1ccc(Br)cc1. The summed E-state index contributed by atoms with van der Waals surface area (Å²) in [6.07, 6.45) is 1.42. The second-order valence-electron chi connectivity index (χ2n) is 3.68. The van der Waals surface area contributed by atoms with Crippen LogP contribution in [0.5, 0.6) is 0 Å². The first kappa shape index (κ1) is 12.2. The number of carbonyl (C=O) groups is 1. The van der Waals surface area contributed by atoms with Gasteiger partial charge in [0.25, 0.3) is 0 Å². The van der Waals surface area contributed by atoms with Crippen LogP contribution < -0.4 is 5.32 Å². The molecule has 0 radical (unpaired) electrons. The van der Waals surface area contributed by atoms with Crippen molar-refractivity contribution in [1.82, 2.24) is 5.32 Å². The summed E-state index contributed by atoms with van der Waals surface area (Å²) in [7, 11) is 0. The standard InChI is InChI=1S/C12H16BrNO/c1-3-9(2)14-12(15)8-10-4-6-11(13)7-5-10/h4-7,9H,3,8H2,1-2H3,(H,14,15)/t9-/m1/s1. The van der Waals surface area contributed by atoms with E-state index in [0.717, 1.165) is 16.5 Å². The minimum Gasteiger partial charge on any atom is -0.353 e. The summed E-state index contributed by atoms with van der Waals surface area (Å²) in [5.41, 5.74) is 1.04. The number of hydrogen-bond donors (Lipinski definition) is 1. The van der Waals surface area contributed by atoms with E-state index >= 15 is 0 Å². The Morgan fingerprint density at radius 2 is 2.00 bits per heavy atom. The molecule has 2 nitrogen and oxygen atoms in total. The first-order chi connectivity index (χ1) is 7.11. The van der Waals surface area contributed by atoms with Crippen molar-refractivity contribution in [2.45, 2.75) is 32.7 Å². The molecule has 82 valence electrons. The van der Waals surface area contributed by atoms with Crippen molar-refractivity contribution in [3.05, 3.63) is 34.3 Å². The number of benzene rings is 1. The van der Waals surface area contributed by atoms with Gasteiger partial charge >= 0.3 is 0 Å². The maximum atomic E-state index is 11.5. The molecule has 0 aromatic heterocycles. The quantitative estimate of drug-likeness (QED) is 0.895. The second-order valence-corrected chi connectivity index (χ2v) is 4.60. The molecule has 1 aromatic carbocycles. The van der Waals surface area contributed by atoms with Gasteiger partial charge in [-0.15, -0.1) is 0 Å². The van der Waals surface area contributed by atoms with E-state index in [4.69, 9.17) is 0 Å². The van der Waals surface area contributed by atoms with Crippen molar-refractivity contribution in [3.63, 3.8) is 0 Å². The van der Waals surface area contributed by atoms with Crippen LogP contribution in [-0.2, 0) is 11.2 Å². The van der Waals surface area contributed by atoms with Crippen LogP contribution in [-0.4, -0.2) is 11.9 Å². The van der Waals surface area contributed by atoms with E-state index < -0.39 is 0 Å². The van der Waals surface area contributed by atoms with Gasteiger partial charge in [-0.2, -0.15) is 0 Å². The van der Waals surface area contributed by atoms with E-state index in [1.165, 1.54) is 0 Å². The summed E-state index contributed by atoms with van der Waals surface area (Å²) in [5, 5.41) is 2.94. The van der Waals surface area contributed by atoms with Crippen molar-refractivity contribution >= 4 is 21.8 Å². The van der Waals surface area contributed by atoms with Gasteiger partial charge in [0, 0.05) is 10.5 Å². The minimum atomic E-state index is 0.0895. The summed E-state index contributed by atoms with van der Waals surface area (Å²) in [4.78, 5) is 11.5. The van der Waals surface area contributed by atoms with Gasteiger partial charge in [-0.1, -0.05) is 35.0 Å². The highest BCUT2D eigenvalue weighted by Crippen LogP contribution is 2.10. The fourth-order valence-corrected chi connectivity index (χ4v) is 1.48. The molecule has 0 aliphatic carbocycles. The smallest absolute Gasteiger partial charge is 0.224 e. The Morgan fingerprint density at radius 1 is 1.40 bits per heavy atom. The molecule has 0 spiro atoms. The minimum absolute atomic E-state index is 0.0895. The lowest BCUT2D eigenvalue weighted by Crippen LogP contribution is -2.33. The van der Waals surface area contributed by atoms with Crippen LogP contribution in [0.25, 0.3) is 0 Å². The van der Waals surface area contributed by atoms with Crippen molar-refractivity contribution in [1.29, 1.82) is 0 Å². The number of carbonyl (C=O) groups excluding carboxylic acids is 1. The van der Waals surface area contributed by atoms with Gasteiger partial charge in [-0.05, 0) is 31.0 Å². The van der Waals surface area contributed by atoms with Crippen molar-refractivity contribution in [2.24, 2.45) is 0 Å². The average Bonchev–Trinajstić information content (AvgIpc) is 2.21. The van der Waals surface area contributed by atoms with Crippen LogP contribution in [0.4, 0.5) is 0 Å². The Balaban J connectivity index is 2.48. The largest absolute Gasteiger partial charge is 0.353 e. The lowest BCUT2D eigenvalue weighted by molar-refractivity contribution is -0.121. The topological polar surface area (TPSA) is 29.1 Å². The average molecular weight is 270 g/mol. The molecular formula is C12H16BrNO. The van der Waals surface area contributed by atoms with Gasteiger partial charge in [-0.25, -0.2) is 0 Å². The van der Waals surface area contributed by atoms with E-state index in [-0.39, 0.29) is 11.9 Å². The van der Waals surface area contributed by atoms with Crippen LogP contribution in [0.15, 0.2) is 28.7 Å². The third kappa shape index (κ3) is 4.47. The van der Waals surface area contributed by atoms with E-state index in [2.05, 4.69) is 28.2 Å². The van der Waals surface area contributed by atoms with Crippen LogP contribution in [0.1, 0.15) is 25.8 Å². The molecule has 3 heteroatoms. The van der Waals surface area contributed by atoms with E-state index in [1.54, 1.807) is 0 Å². The van der Waals surface area contributed by atoms with Crippen LogP contribution in [0.3, 0.4) is 0 Å². The first-order valence-corrected chi connectivity index (χ1v) is 5.95. The van der Waals surface area contributed by atoms with Crippen LogP contribution >= 0.6 is 15.9 Å². The molecular weight excluding hydrogens is 254 g/mol. The third-order valence-electron chi connectivity index (χ3n) is 2.30. The van der Waals surface area contributed by atoms with E-state index in [9.17, 15) is 4.79 Å². The molecule has 0 saturated carbocycles. The molecule has 1 aromatic rings. The predicted octanol–water partition coefficient (Wildman–Crippen LogP) is 2.91. The number of nitrogens with one attached hydrogen (secondary N) is 1. The molecule has 1 atom stereocenters. The monoisotopic (exact) mass is 269 g/mol. The molecule has 0 heterocycles. The van der Waals surface area contributed by atoms with Crippen molar-refractivity contribution in [2.75, 3.05) is 0 Å². The maximum Gasteiger partial charge on any atom is 0.224 e. The third-order valence-corrected chi connectivity index (χ3v) is 2.83. The predicted molar refractivity (Wildman–Crippen MR) is 65.7 cm³/mol. The Bertz CT molecular complexity index is 321. The van der Waals surface area contributed by atoms with Crippen molar-refractivity contribution in [3.8, 4) is 0 Å². The van der Waals surface area contributed by atoms with E-state index in [0.29, 0.717) is 6.42 Å². The Hall–Kier alpha value is -0.830. The highest BCUT2D eigenvalue weighted by atomic mass is 79.9. The summed E-state index contributed by atoms with van der Waals surface area (Å²) in [5.74, 6) is 0.0895. The maximum absolute atomic E-state index is 11.5. The highest BCUT2D eigenvalue weighted by Gasteiger charge is 2.05. The highest BCUT2D eigenvalue weighted by molar-refractivity contribution is 9.10. The van der Waals surface area contributed by atoms with Crippen molar-refractivity contribution < 1.29 is 4.79 Å². The van der Waals surface area contributed by atoms with Gasteiger partial charge in [0.15, 0.2) is 0 Å². The van der Waals surface area contributed by atoms with Gasteiger partial charge in [0.2, 0.25) is 5.91 Å². The summed E-state index contributed by atoms with van der Waals surface area (Å²) in [6, 6.07) is 8.08. The summed E-state index contributed by atoms with van der Waals surface area (Å²) < 4.78 is 1.04. The van der Waals surface area contributed by atoms with Gasteiger partial charge in [-0.3, -0.25) is 4.79 Å². The molecule has 1 N–H and O–H groups in total. The first-order valence-electron chi connectivity index (χ1n) is 5.15. The molecule has 0 unspecified atom stereocenters. The zero-order valence-electron chi connectivity index (χ0n) is 9.09. The zero-order chi connectivity index (χ0) is 11.3. The molecule has 0 saturated heterocycles. The number of amides is 1. The van der Waals surface area contributed by atoms with Gasteiger partial charge in [0.1, 0.15) is 0 Å². The zero-order valence-corrected chi connectivity index (χ0v) is 10.7. The second kappa shape index (κ2) is 5.91.